The first-order valence-corrected chi connectivity index (χ1v) is 9.84. The van der Waals surface area contributed by atoms with Crippen molar-refractivity contribution in [1.82, 2.24) is 14.8 Å². The summed E-state index contributed by atoms with van der Waals surface area (Å²) in [5.74, 6) is -0.0248. The summed E-state index contributed by atoms with van der Waals surface area (Å²) < 4.78 is 6.01. The molecule has 1 amide bonds. The number of hydrogen-bond donors (Lipinski definition) is 1. The molecule has 2 saturated heterocycles. The molecule has 3 atom stereocenters. The van der Waals surface area contributed by atoms with Gasteiger partial charge in [-0.1, -0.05) is 6.07 Å². The molecule has 0 saturated carbocycles. The van der Waals surface area contributed by atoms with Crippen LogP contribution in [0.25, 0.3) is 0 Å². The minimum Gasteiger partial charge on any atom is -0.390 e. The molecular formula is C20H31N3O3. The van der Waals surface area contributed by atoms with Gasteiger partial charge in [-0.2, -0.15) is 0 Å². The lowest BCUT2D eigenvalue weighted by Crippen LogP contribution is -2.50. The molecule has 0 spiro atoms. The molecule has 1 N–H and O–H groups in total. The fraction of sp³-hybridized carbons (Fsp3) is 0.700. The van der Waals surface area contributed by atoms with Gasteiger partial charge in [0.25, 0.3) is 5.91 Å². The van der Waals surface area contributed by atoms with Gasteiger partial charge in [0.05, 0.1) is 12.2 Å². The maximum absolute atomic E-state index is 12.6. The lowest BCUT2D eigenvalue weighted by Gasteiger charge is -2.35. The van der Waals surface area contributed by atoms with Crippen molar-refractivity contribution in [1.29, 1.82) is 0 Å². The number of carbonyl (C=O) groups excluding carboxylic acids is 1. The zero-order valence-corrected chi connectivity index (χ0v) is 15.7. The van der Waals surface area contributed by atoms with E-state index in [1.807, 2.05) is 29.3 Å². The average molecular weight is 361 g/mol. The van der Waals surface area contributed by atoms with Gasteiger partial charge in [-0.15, -0.1) is 0 Å². The topological polar surface area (TPSA) is 65.9 Å². The Bertz CT molecular complexity index is 563. The average Bonchev–Trinajstić information content (AvgIpc) is 3.21. The molecule has 6 nitrogen and oxygen atoms in total. The van der Waals surface area contributed by atoms with Crippen LogP contribution in [0.2, 0.25) is 0 Å². The van der Waals surface area contributed by atoms with E-state index in [4.69, 9.17) is 4.74 Å². The first-order chi connectivity index (χ1) is 12.6. The highest BCUT2D eigenvalue weighted by molar-refractivity contribution is 5.82. The summed E-state index contributed by atoms with van der Waals surface area (Å²) in [5.41, 5.74) is 1.10. The first kappa shape index (κ1) is 19.3. The second-order valence-corrected chi connectivity index (χ2v) is 7.52. The van der Waals surface area contributed by atoms with E-state index in [2.05, 4.69) is 16.9 Å². The number of ether oxygens (including phenoxy) is 1. The Balaban J connectivity index is 1.42. The summed E-state index contributed by atoms with van der Waals surface area (Å²) >= 11 is 0. The highest BCUT2D eigenvalue weighted by Gasteiger charge is 2.37. The van der Waals surface area contributed by atoms with Gasteiger partial charge in [-0.05, 0) is 51.3 Å². The van der Waals surface area contributed by atoms with Crippen LogP contribution < -0.4 is 0 Å². The van der Waals surface area contributed by atoms with E-state index in [0.29, 0.717) is 6.42 Å². The quantitative estimate of drug-likeness (QED) is 0.797. The highest BCUT2D eigenvalue weighted by Crippen LogP contribution is 2.24. The molecule has 1 aromatic heterocycles. The molecule has 3 rings (SSSR count). The minimum absolute atomic E-state index is 0.0248. The number of pyridine rings is 1. The van der Waals surface area contributed by atoms with Gasteiger partial charge in [0.1, 0.15) is 0 Å². The van der Waals surface area contributed by atoms with Crippen molar-refractivity contribution in [3.05, 3.63) is 30.1 Å². The van der Waals surface area contributed by atoms with Crippen LogP contribution in [-0.4, -0.2) is 77.3 Å². The Morgan fingerprint density at radius 2 is 2.12 bits per heavy atom. The number of likely N-dealkylation sites (tertiary alicyclic amines) is 1. The normalized spacial score (nSPS) is 26.4. The lowest BCUT2D eigenvalue weighted by molar-refractivity contribution is -0.167. The molecule has 0 radical (unpaired) electrons. The SMILES string of the molecule is CN(CCc1ccccn1)CC[C@@H]1CC[C@H](O)[C@@H](C(=O)N2CCCC2)O1. The van der Waals surface area contributed by atoms with Crippen LogP contribution in [-0.2, 0) is 16.0 Å². The number of aliphatic hydroxyl groups is 1. The predicted octanol–water partition coefficient (Wildman–Crippen LogP) is 1.48. The van der Waals surface area contributed by atoms with Crippen LogP contribution in [0.5, 0.6) is 0 Å². The number of nitrogens with zero attached hydrogens (tertiary/aromatic N) is 3. The van der Waals surface area contributed by atoms with Crippen molar-refractivity contribution in [2.75, 3.05) is 33.2 Å². The van der Waals surface area contributed by atoms with Gasteiger partial charge in [0.15, 0.2) is 6.10 Å². The van der Waals surface area contributed by atoms with Crippen LogP contribution in [0, 0.1) is 0 Å². The van der Waals surface area contributed by atoms with Crippen LogP contribution >= 0.6 is 0 Å². The maximum atomic E-state index is 12.6. The Hall–Kier alpha value is -1.50. The summed E-state index contributed by atoms with van der Waals surface area (Å²) in [4.78, 5) is 21.1. The standard InChI is InChI=1S/C20H31N3O3/c1-22(14-9-16-6-2-3-11-21-16)15-10-17-7-8-18(24)19(26-17)20(25)23-12-4-5-13-23/h2-3,6,11,17-19,24H,4-5,7-10,12-15H2,1H3/t17-,18-,19-/m0/s1. The van der Waals surface area contributed by atoms with Gasteiger partial charge in [0, 0.05) is 44.5 Å². The first-order valence-electron chi connectivity index (χ1n) is 9.84. The molecule has 144 valence electrons. The molecule has 2 aliphatic rings. The number of rotatable bonds is 7. The van der Waals surface area contributed by atoms with E-state index >= 15 is 0 Å². The number of aliphatic hydroxyl groups excluding tert-OH is 1. The second-order valence-electron chi connectivity index (χ2n) is 7.52. The Kier molecular flexibility index (Phi) is 7.00. The summed E-state index contributed by atoms with van der Waals surface area (Å²) in [6.07, 6.45) is 5.92. The summed E-state index contributed by atoms with van der Waals surface area (Å²) in [5, 5.41) is 10.2. The molecule has 0 bridgehead atoms. The van der Waals surface area contributed by atoms with Crippen molar-refractivity contribution in [2.24, 2.45) is 0 Å². The molecule has 0 aliphatic carbocycles. The number of amides is 1. The third kappa shape index (κ3) is 5.25. The molecular weight excluding hydrogens is 330 g/mol. The number of aromatic nitrogens is 1. The van der Waals surface area contributed by atoms with Crippen LogP contribution in [0.1, 0.15) is 37.8 Å². The molecule has 2 aliphatic heterocycles. The van der Waals surface area contributed by atoms with Gasteiger partial charge in [0.2, 0.25) is 0 Å². The van der Waals surface area contributed by atoms with Gasteiger partial charge in [-0.3, -0.25) is 9.78 Å². The third-order valence-corrected chi connectivity index (χ3v) is 5.44. The van der Waals surface area contributed by atoms with E-state index in [1.165, 1.54) is 0 Å². The maximum Gasteiger partial charge on any atom is 0.254 e. The second kappa shape index (κ2) is 9.44. The van der Waals surface area contributed by atoms with E-state index in [-0.39, 0.29) is 12.0 Å². The lowest BCUT2D eigenvalue weighted by atomic mass is 9.98. The van der Waals surface area contributed by atoms with Gasteiger partial charge < -0.3 is 19.6 Å². The fourth-order valence-electron chi connectivity index (χ4n) is 3.75. The molecule has 6 heteroatoms. The molecule has 26 heavy (non-hydrogen) atoms. The van der Waals surface area contributed by atoms with E-state index in [9.17, 15) is 9.90 Å². The molecule has 2 fully saturated rings. The fourth-order valence-corrected chi connectivity index (χ4v) is 3.75. The molecule has 0 unspecified atom stereocenters. The van der Waals surface area contributed by atoms with E-state index in [1.54, 1.807) is 0 Å². The number of likely N-dealkylation sites (N-methyl/N-ethyl adjacent to an activating group) is 1. The van der Waals surface area contributed by atoms with Gasteiger partial charge in [-0.25, -0.2) is 0 Å². The largest absolute Gasteiger partial charge is 0.390 e. The summed E-state index contributed by atoms with van der Waals surface area (Å²) in [6, 6.07) is 6.00. The Morgan fingerprint density at radius 1 is 1.31 bits per heavy atom. The number of hydrogen-bond acceptors (Lipinski definition) is 5. The zero-order valence-electron chi connectivity index (χ0n) is 15.7. The van der Waals surface area contributed by atoms with Crippen LogP contribution in [0.3, 0.4) is 0 Å². The van der Waals surface area contributed by atoms with Crippen molar-refractivity contribution in [3.8, 4) is 0 Å². The molecule has 1 aromatic rings. The van der Waals surface area contributed by atoms with Crippen LogP contribution in [0.4, 0.5) is 0 Å². The van der Waals surface area contributed by atoms with E-state index in [0.717, 1.165) is 64.0 Å². The zero-order chi connectivity index (χ0) is 18.4. The molecule has 3 heterocycles. The van der Waals surface area contributed by atoms with Crippen molar-refractivity contribution in [2.45, 2.75) is 56.8 Å². The summed E-state index contributed by atoms with van der Waals surface area (Å²) in [6.45, 7) is 3.46. The van der Waals surface area contributed by atoms with Crippen molar-refractivity contribution in [3.63, 3.8) is 0 Å². The third-order valence-electron chi connectivity index (χ3n) is 5.44. The highest BCUT2D eigenvalue weighted by atomic mass is 16.5. The monoisotopic (exact) mass is 361 g/mol. The summed E-state index contributed by atoms with van der Waals surface area (Å²) in [7, 11) is 2.10. The van der Waals surface area contributed by atoms with E-state index < -0.39 is 12.2 Å². The Morgan fingerprint density at radius 3 is 2.85 bits per heavy atom. The smallest absolute Gasteiger partial charge is 0.254 e. The van der Waals surface area contributed by atoms with Gasteiger partial charge >= 0.3 is 0 Å². The molecule has 0 aromatic carbocycles. The predicted molar refractivity (Wildman–Crippen MR) is 99.8 cm³/mol. The Labute approximate surface area is 156 Å². The van der Waals surface area contributed by atoms with Crippen molar-refractivity contribution >= 4 is 5.91 Å². The van der Waals surface area contributed by atoms with Crippen molar-refractivity contribution < 1.29 is 14.6 Å². The number of carbonyl (C=O) groups is 1. The minimum atomic E-state index is -0.675. The van der Waals surface area contributed by atoms with Crippen LogP contribution in [0.15, 0.2) is 24.4 Å².